The van der Waals surface area contributed by atoms with Gasteiger partial charge in [0.2, 0.25) is 0 Å². The van der Waals surface area contributed by atoms with Gasteiger partial charge in [-0.2, -0.15) is 0 Å². The first-order chi connectivity index (χ1) is 9.20. The third-order valence-electron chi connectivity index (χ3n) is 3.15. The number of hydrogen-bond acceptors (Lipinski definition) is 2. The van der Waals surface area contributed by atoms with Gasteiger partial charge in [-0.1, -0.05) is 11.6 Å². The number of benzene rings is 1. The third-order valence-corrected chi connectivity index (χ3v) is 3.44. The normalized spacial score (nSPS) is 10.9. The molecule has 0 saturated carbocycles. The molecule has 0 radical (unpaired) electrons. The summed E-state index contributed by atoms with van der Waals surface area (Å²) in [5, 5.41) is 1.77. The van der Waals surface area contributed by atoms with Crippen LogP contribution in [0.25, 0.3) is 16.7 Å². The molecule has 0 atom stereocenters. The summed E-state index contributed by atoms with van der Waals surface area (Å²) >= 11 is 6.25. The number of methoxy groups -OCH3 is 1. The molecule has 0 unspecified atom stereocenters. The molecular weight excluding hydrogens is 260 g/mol. The monoisotopic (exact) mass is 272 g/mol. The first-order valence-corrected chi connectivity index (χ1v) is 6.35. The number of pyridine rings is 1. The highest BCUT2D eigenvalue weighted by atomic mass is 35.5. The summed E-state index contributed by atoms with van der Waals surface area (Å²) in [7, 11) is 1.66. The lowest BCUT2D eigenvalue weighted by Crippen LogP contribution is -2.00. The summed E-state index contributed by atoms with van der Waals surface area (Å²) < 4.78 is 7.33. The minimum Gasteiger partial charge on any atom is -0.497 e. The standard InChI is InChI=1S/C15H13ClN2O/c1-10-8-11-5-6-12(19-2)9-14(11)18(10)15-13(16)4-3-7-17-15/h3-9H,1-2H3. The molecule has 0 aliphatic heterocycles. The van der Waals surface area contributed by atoms with Crippen molar-refractivity contribution in [2.45, 2.75) is 6.92 Å². The van der Waals surface area contributed by atoms with Crippen molar-refractivity contribution < 1.29 is 4.74 Å². The fraction of sp³-hybridized carbons (Fsp3) is 0.133. The van der Waals surface area contributed by atoms with Gasteiger partial charge in [-0.05, 0) is 37.3 Å². The van der Waals surface area contributed by atoms with Crippen LogP contribution in [0.3, 0.4) is 0 Å². The van der Waals surface area contributed by atoms with Gasteiger partial charge in [-0.25, -0.2) is 4.98 Å². The molecular formula is C15H13ClN2O. The number of rotatable bonds is 2. The van der Waals surface area contributed by atoms with Crippen molar-refractivity contribution in [3.8, 4) is 11.6 Å². The highest BCUT2D eigenvalue weighted by Crippen LogP contribution is 2.29. The molecule has 4 heteroatoms. The molecule has 0 fully saturated rings. The number of hydrogen-bond donors (Lipinski definition) is 0. The molecule has 0 spiro atoms. The number of halogens is 1. The van der Waals surface area contributed by atoms with E-state index in [0.29, 0.717) is 5.02 Å². The molecule has 2 aromatic heterocycles. The predicted molar refractivity (Wildman–Crippen MR) is 77.4 cm³/mol. The van der Waals surface area contributed by atoms with E-state index in [2.05, 4.69) is 11.1 Å². The molecule has 0 bridgehead atoms. The molecule has 3 nitrogen and oxygen atoms in total. The van der Waals surface area contributed by atoms with Crippen LogP contribution >= 0.6 is 11.6 Å². The Morgan fingerprint density at radius 3 is 2.79 bits per heavy atom. The van der Waals surface area contributed by atoms with Crippen LogP contribution in [0.1, 0.15) is 5.69 Å². The second-order valence-corrected chi connectivity index (χ2v) is 4.76. The second-order valence-electron chi connectivity index (χ2n) is 4.35. The Labute approximate surface area is 116 Å². The van der Waals surface area contributed by atoms with E-state index in [1.54, 1.807) is 13.3 Å². The Balaban J connectivity index is 2.34. The van der Waals surface area contributed by atoms with Crippen molar-refractivity contribution >= 4 is 22.5 Å². The van der Waals surface area contributed by atoms with Crippen LogP contribution in [0.15, 0.2) is 42.6 Å². The average Bonchev–Trinajstić information content (AvgIpc) is 2.74. The molecule has 96 valence electrons. The summed E-state index contributed by atoms with van der Waals surface area (Å²) in [4.78, 5) is 4.38. The van der Waals surface area contributed by atoms with Gasteiger partial charge in [-0.15, -0.1) is 0 Å². The molecule has 0 aliphatic rings. The van der Waals surface area contributed by atoms with Crippen molar-refractivity contribution in [2.24, 2.45) is 0 Å². The zero-order valence-corrected chi connectivity index (χ0v) is 11.5. The van der Waals surface area contributed by atoms with Crippen molar-refractivity contribution in [3.05, 3.63) is 53.3 Å². The summed E-state index contributed by atoms with van der Waals surface area (Å²) in [6.45, 7) is 2.04. The van der Waals surface area contributed by atoms with Gasteiger partial charge in [0.1, 0.15) is 5.75 Å². The van der Waals surface area contributed by atoms with Crippen molar-refractivity contribution in [1.82, 2.24) is 9.55 Å². The Hall–Kier alpha value is -2.00. The molecule has 0 N–H and O–H groups in total. The molecule has 0 amide bonds. The smallest absolute Gasteiger partial charge is 0.156 e. The fourth-order valence-electron chi connectivity index (χ4n) is 2.27. The van der Waals surface area contributed by atoms with Gasteiger partial charge >= 0.3 is 0 Å². The highest BCUT2D eigenvalue weighted by Gasteiger charge is 2.12. The second kappa shape index (κ2) is 4.59. The van der Waals surface area contributed by atoms with Gasteiger partial charge in [-0.3, -0.25) is 4.57 Å². The first-order valence-electron chi connectivity index (χ1n) is 5.97. The van der Waals surface area contributed by atoms with E-state index in [4.69, 9.17) is 16.3 Å². The van der Waals surface area contributed by atoms with Crippen LogP contribution < -0.4 is 4.74 Å². The van der Waals surface area contributed by atoms with Crippen LogP contribution in [0.2, 0.25) is 5.02 Å². The van der Waals surface area contributed by atoms with Gasteiger partial charge < -0.3 is 4.74 Å². The van der Waals surface area contributed by atoms with Crippen LogP contribution in [0.5, 0.6) is 5.75 Å². The SMILES string of the molecule is COc1ccc2cc(C)n(-c3ncccc3Cl)c2c1. The van der Waals surface area contributed by atoms with Crippen molar-refractivity contribution in [3.63, 3.8) is 0 Å². The highest BCUT2D eigenvalue weighted by molar-refractivity contribution is 6.32. The van der Waals surface area contributed by atoms with E-state index in [0.717, 1.165) is 28.2 Å². The number of aryl methyl sites for hydroxylation is 1. The average molecular weight is 273 g/mol. The number of ether oxygens (including phenoxy) is 1. The molecule has 19 heavy (non-hydrogen) atoms. The van der Waals surface area contributed by atoms with Gasteiger partial charge in [0, 0.05) is 23.3 Å². The van der Waals surface area contributed by atoms with Crippen LogP contribution in [0, 0.1) is 6.92 Å². The lowest BCUT2D eigenvalue weighted by atomic mass is 10.2. The molecule has 1 aromatic carbocycles. The zero-order valence-electron chi connectivity index (χ0n) is 10.7. The maximum Gasteiger partial charge on any atom is 0.156 e. The topological polar surface area (TPSA) is 27.1 Å². The largest absolute Gasteiger partial charge is 0.497 e. The summed E-state index contributed by atoms with van der Waals surface area (Å²) in [5.41, 5.74) is 2.13. The Morgan fingerprint density at radius 1 is 1.21 bits per heavy atom. The Kier molecular flexibility index (Phi) is 2.91. The zero-order chi connectivity index (χ0) is 13.4. The maximum absolute atomic E-state index is 6.25. The molecule has 0 saturated heterocycles. The van der Waals surface area contributed by atoms with E-state index < -0.39 is 0 Å². The number of aromatic nitrogens is 2. The van der Waals surface area contributed by atoms with Gasteiger partial charge in [0.05, 0.1) is 17.6 Å². The van der Waals surface area contributed by atoms with E-state index in [1.807, 2.05) is 41.8 Å². The third kappa shape index (κ3) is 1.96. The van der Waals surface area contributed by atoms with E-state index >= 15 is 0 Å². The predicted octanol–water partition coefficient (Wildman–Crippen LogP) is 4.00. The first kappa shape index (κ1) is 12.1. The summed E-state index contributed by atoms with van der Waals surface area (Å²) in [6, 6.07) is 11.8. The van der Waals surface area contributed by atoms with E-state index in [-0.39, 0.29) is 0 Å². The number of fused-ring (bicyclic) bond motifs is 1. The quantitative estimate of drug-likeness (QED) is 0.705. The molecule has 3 aromatic rings. The van der Waals surface area contributed by atoms with E-state index in [9.17, 15) is 0 Å². The van der Waals surface area contributed by atoms with Crippen molar-refractivity contribution in [1.29, 1.82) is 0 Å². The van der Waals surface area contributed by atoms with Crippen LogP contribution in [-0.4, -0.2) is 16.7 Å². The minimum atomic E-state index is 0.630. The lowest BCUT2D eigenvalue weighted by Gasteiger charge is -2.09. The lowest BCUT2D eigenvalue weighted by molar-refractivity contribution is 0.415. The van der Waals surface area contributed by atoms with Crippen LogP contribution in [-0.2, 0) is 0 Å². The molecule has 0 aliphatic carbocycles. The Bertz CT molecular complexity index is 749. The number of nitrogens with zero attached hydrogens (tertiary/aromatic N) is 2. The van der Waals surface area contributed by atoms with Crippen LogP contribution in [0.4, 0.5) is 0 Å². The Morgan fingerprint density at radius 2 is 2.05 bits per heavy atom. The van der Waals surface area contributed by atoms with Crippen molar-refractivity contribution in [2.75, 3.05) is 7.11 Å². The van der Waals surface area contributed by atoms with Gasteiger partial charge in [0.25, 0.3) is 0 Å². The summed E-state index contributed by atoms with van der Waals surface area (Å²) in [6.07, 6.45) is 1.74. The van der Waals surface area contributed by atoms with Gasteiger partial charge in [0.15, 0.2) is 5.82 Å². The van der Waals surface area contributed by atoms with E-state index in [1.165, 1.54) is 0 Å². The molecule has 3 rings (SSSR count). The molecule has 2 heterocycles. The fourth-order valence-corrected chi connectivity index (χ4v) is 2.47. The minimum absolute atomic E-state index is 0.630. The summed E-state index contributed by atoms with van der Waals surface area (Å²) in [5.74, 6) is 1.56. The maximum atomic E-state index is 6.25.